The highest BCUT2D eigenvalue weighted by Crippen LogP contribution is 2.31. The summed E-state index contributed by atoms with van der Waals surface area (Å²) >= 11 is 0. The van der Waals surface area contributed by atoms with Crippen molar-refractivity contribution >= 4 is 29.2 Å². The van der Waals surface area contributed by atoms with Gasteiger partial charge in [0.05, 0.1) is 23.8 Å². The minimum atomic E-state index is -0.814. The normalized spacial score (nSPS) is 16.0. The first-order valence-electron chi connectivity index (χ1n) is 12.2. The molecule has 0 spiro atoms. The first-order chi connectivity index (χ1) is 17.6. The Morgan fingerprint density at radius 3 is 2.57 bits per heavy atom. The van der Waals surface area contributed by atoms with Crippen LogP contribution in [0.5, 0.6) is 0 Å². The minimum absolute atomic E-state index is 0.0195. The summed E-state index contributed by atoms with van der Waals surface area (Å²) in [7, 11) is 0. The van der Waals surface area contributed by atoms with Crippen LogP contribution in [0.15, 0.2) is 30.9 Å². The van der Waals surface area contributed by atoms with Crippen molar-refractivity contribution < 1.29 is 23.1 Å². The van der Waals surface area contributed by atoms with Crippen LogP contribution in [0.25, 0.3) is 5.65 Å². The molecular formula is C25H29F2N7O3. The van der Waals surface area contributed by atoms with E-state index in [1.54, 1.807) is 0 Å². The average molecular weight is 514 g/mol. The lowest BCUT2D eigenvalue weighted by Crippen LogP contribution is -2.53. The van der Waals surface area contributed by atoms with Gasteiger partial charge in [-0.15, -0.1) is 0 Å². The van der Waals surface area contributed by atoms with Gasteiger partial charge in [-0.3, -0.25) is 4.79 Å². The van der Waals surface area contributed by atoms with Crippen LogP contribution in [0.1, 0.15) is 49.8 Å². The number of anilines is 2. The molecule has 0 bridgehead atoms. The summed E-state index contributed by atoms with van der Waals surface area (Å²) in [6, 6.07) is 1.38. The molecular weight excluding hydrogens is 484 g/mol. The highest BCUT2D eigenvalue weighted by atomic mass is 19.1. The van der Waals surface area contributed by atoms with E-state index in [0.717, 1.165) is 32.0 Å². The zero-order valence-electron chi connectivity index (χ0n) is 20.9. The van der Waals surface area contributed by atoms with Crippen molar-refractivity contribution in [1.82, 2.24) is 24.3 Å². The molecule has 2 fully saturated rings. The highest BCUT2D eigenvalue weighted by Gasteiger charge is 2.39. The van der Waals surface area contributed by atoms with Gasteiger partial charge in [0.25, 0.3) is 5.91 Å². The van der Waals surface area contributed by atoms with E-state index in [9.17, 15) is 18.4 Å². The lowest BCUT2D eigenvalue weighted by Gasteiger charge is -2.42. The first kappa shape index (κ1) is 24.8. The van der Waals surface area contributed by atoms with Gasteiger partial charge >= 0.3 is 6.09 Å². The van der Waals surface area contributed by atoms with Gasteiger partial charge in [-0.1, -0.05) is 0 Å². The third-order valence-electron chi connectivity index (χ3n) is 6.17. The Morgan fingerprint density at radius 1 is 1.19 bits per heavy atom. The minimum Gasteiger partial charge on any atom is -0.444 e. The third kappa shape index (κ3) is 5.62. The van der Waals surface area contributed by atoms with Crippen molar-refractivity contribution in [3.05, 3.63) is 48.1 Å². The summed E-state index contributed by atoms with van der Waals surface area (Å²) in [5.41, 5.74) is -0.199. The van der Waals surface area contributed by atoms with Gasteiger partial charge in [-0.05, 0) is 33.6 Å². The molecule has 3 aromatic rings. The molecule has 3 aromatic heterocycles. The molecule has 1 saturated carbocycles. The number of aromatic nitrogens is 4. The Labute approximate surface area is 212 Å². The van der Waals surface area contributed by atoms with E-state index in [1.165, 1.54) is 29.2 Å². The van der Waals surface area contributed by atoms with Crippen molar-refractivity contribution in [3.63, 3.8) is 0 Å². The van der Waals surface area contributed by atoms with Crippen LogP contribution in [0, 0.1) is 11.7 Å². The molecule has 1 aliphatic heterocycles. The number of alkyl halides is 1. The number of pyridine rings is 1. The van der Waals surface area contributed by atoms with E-state index >= 15 is 0 Å². The number of ether oxygens (including phenoxy) is 1. The molecule has 0 aromatic carbocycles. The van der Waals surface area contributed by atoms with Crippen molar-refractivity contribution in [2.75, 3.05) is 29.9 Å². The quantitative estimate of drug-likeness (QED) is 0.512. The molecule has 10 nitrogen and oxygen atoms in total. The fraction of sp³-hybridized carbons (Fsp3) is 0.480. The Morgan fingerprint density at radius 2 is 1.95 bits per heavy atom. The summed E-state index contributed by atoms with van der Waals surface area (Å²) in [5.74, 6) is -0.308. The molecule has 2 amide bonds. The number of amides is 2. The van der Waals surface area contributed by atoms with Crippen molar-refractivity contribution in [2.24, 2.45) is 5.92 Å². The summed E-state index contributed by atoms with van der Waals surface area (Å²) in [6.07, 6.45) is 7.44. The molecule has 1 saturated heterocycles. The Balaban J connectivity index is 1.16. The van der Waals surface area contributed by atoms with Gasteiger partial charge in [0.15, 0.2) is 11.5 Å². The second kappa shape index (κ2) is 9.56. The fourth-order valence-electron chi connectivity index (χ4n) is 4.27. The molecule has 5 rings (SSSR count). The molecule has 0 atom stereocenters. The van der Waals surface area contributed by atoms with E-state index in [2.05, 4.69) is 20.3 Å². The number of nitrogens with one attached hydrogen (secondary N) is 1. The fourth-order valence-corrected chi connectivity index (χ4v) is 4.27. The predicted molar refractivity (Wildman–Crippen MR) is 132 cm³/mol. The molecule has 12 heteroatoms. The van der Waals surface area contributed by atoms with Gasteiger partial charge in [0.2, 0.25) is 0 Å². The van der Waals surface area contributed by atoms with E-state index in [4.69, 9.17) is 4.74 Å². The maximum absolute atomic E-state index is 14.3. The Hall–Kier alpha value is -3.83. The number of carbonyl (C=O) groups excluding carboxylic acids is 2. The molecule has 4 heterocycles. The highest BCUT2D eigenvalue weighted by molar-refractivity contribution is 6.02. The third-order valence-corrected chi connectivity index (χ3v) is 6.17. The number of hydrogen-bond acceptors (Lipinski definition) is 7. The Kier molecular flexibility index (Phi) is 6.42. The first-order valence-corrected chi connectivity index (χ1v) is 12.2. The number of halogens is 2. The van der Waals surface area contributed by atoms with Gasteiger partial charge in [-0.2, -0.15) is 0 Å². The Bertz CT molecular complexity index is 1310. The number of fused-ring (bicyclic) bond motifs is 1. The van der Waals surface area contributed by atoms with Gasteiger partial charge in [0.1, 0.15) is 23.8 Å². The molecule has 37 heavy (non-hydrogen) atoms. The molecule has 2 aliphatic rings. The average Bonchev–Trinajstić information content (AvgIpc) is 3.55. The predicted octanol–water partition coefficient (Wildman–Crippen LogP) is 3.82. The summed E-state index contributed by atoms with van der Waals surface area (Å²) in [4.78, 5) is 41.5. The van der Waals surface area contributed by atoms with Gasteiger partial charge in [0, 0.05) is 50.1 Å². The van der Waals surface area contributed by atoms with E-state index in [0.29, 0.717) is 18.3 Å². The van der Waals surface area contributed by atoms with E-state index in [-0.39, 0.29) is 34.9 Å². The van der Waals surface area contributed by atoms with Crippen LogP contribution in [0.3, 0.4) is 0 Å². The lowest BCUT2D eigenvalue weighted by molar-refractivity contribution is 0.0193. The smallest absolute Gasteiger partial charge is 0.410 e. The van der Waals surface area contributed by atoms with Crippen molar-refractivity contribution in [2.45, 2.75) is 51.9 Å². The number of rotatable bonds is 7. The summed E-state index contributed by atoms with van der Waals surface area (Å²) in [5, 5.41) is 2.58. The van der Waals surface area contributed by atoms with Gasteiger partial charge in [-0.25, -0.2) is 28.5 Å². The number of nitrogens with zero attached hydrogens (tertiary/aromatic N) is 6. The number of carbonyl (C=O) groups is 2. The van der Waals surface area contributed by atoms with Crippen LogP contribution in [0.4, 0.5) is 25.1 Å². The second-order valence-corrected chi connectivity index (χ2v) is 10.5. The zero-order valence-corrected chi connectivity index (χ0v) is 20.9. The van der Waals surface area contributed by atoms with Crippen LogP contribution >= 0.6 is 0 Å². The van der Waals surface area contributed by atoms with Crippen LogP contribution in [0.2, 0.25) is 0 Å². The number of imidazole rings is 1. The molecule has 0 radical (unpaired) electrons. The maximum atomic E-state index is 14.3. The topological polar surface area (TPSA) is 105 Å². The van der Waals surface area contributed by atoms with E-state index in [1.807, 2.05) is 30.6 Å². The SMILES string of the molecule is CC(C)(C)OC(=O)N(CC1CN(c2cnc(C(=O)Nc3cc(F)c4nc(CF)cn4c3)cn2)C1)C1CC1. The second-order valence-electron chi connectivity index (χ2n) is 10.5. The summed E-state index contributed by atoms with van der Waals surface area (Å²) < 4.78 is 34.0. The van der Waals surface area contributed by atoms with Crippen LogP contribution in [-0.2, 0) is 11.4 Å². The monoisotopic (exact) mass is 513 g/mol. The molecule has 1 N–H and O–H groups in total. The maximum Gasteiger partial charge on any atom is 0.410 e. The zero-order chi connectivity index (χ0) is 26.3. The molecule has 1 aliphatic carbocycles. The lowest BCUT2D eigenvalue weighted by atomic mass is 9.99. The summed E-state index contributed by atoms with van der Waals surface area (Å²) in [6.45, 7) is 6.85. The van der Waals surface area contributed by atoms with Crippen molar-refractivity contribution in [1.29, 1.82) is 0 Å². The largest absolute Gasteiger partial charge is 0.444 e. The standard InChI is InChI=1S/C25H29F2N7O3/c1-25(2,3)37-24(36)34(18-4-5-18)12-15-10-32(11-15)21-9-28-20(8-29-21)23(35)31-16-6-19(27)22-30-17(7-26)14-33(22)13-16/h6,8-9,13-15,18H,4-5,7,10-12H2,1-3H3,(H,31,35). The van der Waals surface area contributed by atoms with Gasteiger partial charge < -0.3 is 24.3 Å². The number of hydrogen-bond donors (Lipinski definition) is 1. The van der Waals surface area contributed by atoms with E-state index < -0.39 is 24.0 Å². The van der Waals surface area contributed by atoms with Crippen molar-refractivity contribution in [3.8, 4) is 0 Å². The van der Waals surface area contributed by atoms with Crippen LogP contribution < -0.4 is 10.2 Å². The molecule has 0 unspecified atom stereocenters. The molecule has 196 valence electrons. The van der Waals surface area contributed by atoms with Crippen LogP contribution in [-0.4, -0.2) is 67.5 Å².